The van der Waals surface area contributed by atoms with Crippen LogP contribution in [0.1, 0.15) is 12.0 Å². The Morgan fingerprint density at radius 2 is 1.88 bits per heavy atom. The second-order valence-electron chi connectivity index (χ2n) is 5.89. The Kier molecular flexibility index (Phi) is 6.16. The number of pyridine rings is 1. The summed E-state index contributed by atoms with van der Waals surface area (Å²) in [4.78, 5) is 6.64. The summed E-state index contributed by atoms with van der Waals surface area (Å²) in [6, 6.07) is 10.4. The zero-order valence-electron chi connectivity index (χ0n) is 14.3. The first-order chi connectivity index (χ1) is 11.4. The van der Waals surface area contributed by atoms with E-state index in [1.807, 2.05) is 20.2 Å². The van der Waals surface area contributed by atoms with Gasteiger partial charge in [0.2, 0.25) is 0 Å². The standard InChI is InChI=1S/C17H24N4O2S/c1-14-7-4-5-8-16(14)24(22,23)20-15-9-10-17(19-13-15)18-11-6-12-21(2)3/h4-5,7-10,13,20H,6,11-12H2,1-3H3,(H,18,19). The summed E-state index contributed by atoms with van der Waals surface area (Å²) >= 11 is 0. The summed E-state index contributed by atoms with van der Waals surface area (Å²) in [5, 5.41) is 3.22. The van der Waals surface area contributed by atoms with Crippen molar-refractivity contribution in [2.45, 2.75) is 18.2 Å². The molecule has 0 aliphatic rings. The molecule has 6 nitrogen and oxygen atoms in total. The summed E-state index contributed by atoms with van der Waals surface area (Å²) in [7, 11) is 0.467. The largest absolute Gasteiger partial charge is 0.370 e. The van der Waals surface area contributed by atoms with Crippen LogP contribution in [-0.2, 0) is 10.0 Å². The first-order valence-electron chi connectivity index (χ1n) is 7.81. The Bertz CT molecular complexity index is 758. The summed E-state index contributed by atoms with van der Waals surface area (Å²) in [6.45, 7) is 3.59. The van der Waals surface area contributed by atoms with Crippen molar-refractivity contribution < 1.29 is 8.42 Å². The first kappa shape index (κ1) is 18.2. The molecular formula is C17H24N4O2S. The van der Waals surface area contributed by atoms with Crippen molar-refractivity contribution in [3.8, 4) is 0 Å². The third-order valence-corrected chi connectivity index (χ3v) is 5.03. The predicted molar refractivity (Wildman–Crippen MR) is 97.9 cm³/mol. The fraction of sp³-hybridized carbons (Fsp3) is 0.353. The van der Waals surface area contributed by atoms with E-state index in [0.29, 0.717) is 11.3 Å². The quantitative estimate of drug-likeness (QED) is 0.717. The monoisotopic (exact) mass is 348 g/mol. The summed E-state index contributed by atoms with van der Waals surface area (Å²) in [5.41, 5.74) is 1.15. The Morgan fingerprint density at radius 3 is 2.50 bits per heavy atom. The molecule has 1 aromatic heterocycles. The van der Waals surface area contributed by atoms with Crippen LogP contribution in [0.25, 0.3) is 0 Å². The molecule has 0 amide bonds. The minimum Gasteiger partial charge on any atom is -0.370 e. The van der Waals surface area contributed by atoms with Crippen LogP contribution in [0.15, 0.2) is 47.5 Å². The van der Waals surface area contributed by atoms with Crippen LogP contribution >= 0.6 is 0 Å². The number of anilines is 2. The summed E-state index contributed by atoms with van der Waals surface area (Å²) < 4.78 is 27.4. The Labute approximate surface area is 144 Å². The van der Waals surface area contributed by atoms with Crippen LogP contribution in [0.2, 0.25) is 0 Å². The van der Waals surface area contributed by atoms with E-state index in [-0.39, 0.29) is 4.90 Å². The van der Waals surface area contributed by atoms with Gasteiger partial charge in [-0.2, -0.15) is 0 Å². The van der Waals surface area contributed by atoms with Crippen molar-refractivity contribution >= 4 is 21.5 Å². The van der Waals surface area contributed by atoms with Gasteiger partial charge in [0, 0.05) is 6.54 Å². The number of hydrogen-bond acceptors (Lipinski definition) is 5. The molecule has 0 atom stereocenters. The van der Waals surface area contributed by atoms with E-state index >= 15 is 0 Å². The lowest BCUT2D eigenvalue weighted by atomic mass is 10.2. The van der Waals surface area contributed by atoms with Gasteiger partial charge in [-0.15, -0.1) is 0 Å². The van der Waals surface area contributed by atoms with Crippen molar-refractivity contribution in [1.29, 1.82) is 0 Å². The van der Waals surface area contributed by atoms with Gasteiger partial charge in [0.25, 0.3) is 10.0 Å². The van der Waals surface area contributed by atoms with Gasteiger partial charge in [-0.3, -0.25) is 4.72 Å². The lowest BCUT2D eigenvalue weighted by Crippen LogP contribution is -2.17. The minimum atomic E-state index is -3.60. The van der Waals surface area contributed by atoms with E-state index in [1.165, 1.54) is 6.20 Å². The molecule has 0 bridgehead atoms. The Morgan fingerprint density at radius 1 is 1.12 bits per heavy atom. The van der Waals surface area contributed by atoms with Crippen molar-refractivity contribution in [2.24, 2.45) is 0 Å². The van der Waals surface area contributed by atoms with Crippen molar-refractivity contribution in [3.05, 3.63) is 48.2 Å². The number of benzene rings is 1. The van der Waals surface area contributed by atoms with Gasteiger partial charge in [-0.05, 0) is 57.7 Å². The Hall–Kier alpha value is -2.12. The van der Waals surface area contributed by atoms with Crippen LogP contribution in [0.4, 0.5) is 11.5 Å². The SMILES string of the molecule is Cc1ccccc1S(=O)(=O)Nc1ccc(NCCCN(C)C)nc1. The second kappa shape index (κ2) is 8.12. The third-order valence-electron chi connectivity index (χ3n) is 3.49. The van der Waals surface area contributed by atoms with E-state index in [4.69, 9.17) is 0 Å². The van der Waals surface area contributed by atoms with Gasteiger partial charge in [-0.25, -0.2) is 13.4 Å². The molecule has 0 aliphatic heterocycles. The number of aryl methyl sites for hydroxylation is 1. The second-order valence-corrected chi connectivity index (χ2v) is 7.54. The molecule has 2 N–H and O–H groups in total. The fourth-order valence-electron chi connectivity index (χ4n) is 2.24. The summed E-state index contributed by atoms with van der Waals surface area (Å²) in [5.74, 6) is 0.729. The maximum Gasteiger partial charge on any atom is 0.262 e. The van der Waals surface area contributed by atoms with Gasteiger partial charge >= 0.3 is 0 Å². The predicted octanol–water partition coefficient (Wildman–Crippen LogP) is 2.55. The number of nitrogens with one attached hydrogen (secondary N) is 2. The molecule has 1 aromatic carbocycles. The zero-order valence-corrected chi connectivity index (χ0v) is 15.1. The van der Waals surface area contributed by atoms with Gasteiger partial charge in [-0.1, -0.05) is 18.2 Å². The lowest BCUT2D eigenvalue weighted by Gasteiger charge is -2.12. The number of nitrogens with zero attached hydrogens (tertiary/aromatic N) is 2. The normalized spacial score (nSPS) is 11.5. The summed E-state index contributed by atoms with van der Waals surface area (Å²) in [6.07, 6.45) is 2.53. The molecule has 24 heavy (non-hydrogen) atoms. The minimum absolute atomic E-state index is 0.274. The van der Waals surface area contributed by atoms with Crippen molar-refractivity contribution in [2.75, 3.05) is 37.2 Å². The maximum absolute atomic E-state index is 12.4. The number of aromatic nitrogens is 1. The zero-order chi connectivity index (χ0) is 17.6. The topological polar surface area (TPSA) is 74.3 Å². The molecule has 0 unspecified atom stereocenters. The van der Waals surface area contributed by atoms with E-state index in [9.17, 15) is 8.42 Å². The van der Waals surface area contributed by atoms with E-state index in [1.54, 1.807) is 37.3 Å². The average molecular weight is 348 g/mol. The van der Waals surface area contributed by atoms with E-state index in [0.717, 1.165) is 25.3 Å². The van der Waals surface area contributed by atoms with Crippen molar-refractivity contribution in [1.82, 2.24) is 9.88 Å². The Balaban J connectivity index is 1.97. The van der Waals surface area contributed by atoms with Crippen LogP contribution < -0.4 is 10.0 Å². The number of rotatable bonds is 8. The van der Waals surface area contributed by atoms with Crippen LogP contribution in [-0.4, -0.2) is 45.5 Å². The molecule has 0 spiro atoms. The third kappa shape index (κ3) is 5.21. The lowest BCUT2D eigenvalue weighted by molar-refractivity contribution is 0.405. The molecule has 0 fully saturated rings. The highest BCUT2D eigenvalue weighted by atomic mass is 32.2. The van der Waals surface area contributed by atoms with Gasteiger partial charge in [0.1, 0.15) is 5.82 Å². The average Bonchev–Trinajstić information content (AvgIpc) is 2.53. The molecule has 0 radical (unpaired) electrons. The van der Waals surface area contributed by atoms with E-state index < -0.39 is 10.0 Å². The molecule has 0 saturated carbocycles. The van der Waals surface area contributed by atoms with Gasteiger partial charge < -0.3 is 10.2 Å². The molecule has 2 rings (SSSR count). The maximum atomic E-state index is 12.4. The van der Waals surface area contributed by atoms with Crippen LogP contribution in [0.3, 0.4) is 0 Å². The fourth-order valence-corrected chi connectivity index (χ4v) is 3.53. The van der Waals surface area contributed by atoms with Gasteiger partial charge in [0.15, 0.2) is 0 Å². The van der Waals surface area contributed by atoms with E-state index in [2.05, 4.69) is 19.9 Å². The molecule has 7 heteroatoms. The highest BCUT2D eigenvalue weighted by Crippen LogP contribution is 2.19. The molecule has 0 aliphatic carbocycles. The van der Waals surface area contributed by atoms with Gasteiger partial charge in [0.05, 0.1) is 16.8 Å². The smallest absolute Gasteiger partial charge is 0.262 e. The molecule has 2 aromatic rings. The van der Waals surface area contributed by atoms with Crippen LogP contribution in [0, 0.1) is 6.92 Å². The number of hydrogen-bond donors (Lipinski definition) is 2. The highest BCUT2D eigenvalue weighted by Gasteiger charge is 2.16. The number of sulfonamides is 1. The molecule has 1 heterocycles. The first-order valence-corrected chi connectivity index (χ1v) is 9.30. The molecule has 130 valence electrons. The molecular weight excluding hydrogens is 324 g/mol. The van der Waals surface area contributed by atoms with Crippen molar-refractivity contribution in [3.63, 3.8) is 0 Å². The molecule has 0 saturated heterocycles. The van der Waals surface area contributed by atoms with Crippen LogP contribution in [0.5, 0.6) is 0 Å². The highest BCUT2D eigenvalue weighted by molar-refractivity contribution is 7.92.